The van der Waals surface area contributed by atoms with Gasteiger partial charge in [-0.05, 0) is 101 Å². The van der Waals surface area contributed by atoms with E-state index in [2.05, 4.69) is 59.7 Å². The molecular weight excluding hydrogens is 456 g/mol. The van der Waals surface area contributed by atoms with E-state index in [0.29, 0.717) is 35.0 Å². The van der Waals surface area contributed by atoms with Gasteiger partial charge in [-0.3, -0.25) is 0 Å². The molecule has 0 bridgehead atoms. The lowest BCUT2D eigenvalue weighted by Gasteiger charge is -2.09. The average molecular weight is 501 g/mol. The first kappa shape index (κ1) is 29.8. The minimum absolute atomic E-state index is 0.332. The molecule has 3 N–H and O–H groups in total. The van der Waals surface area contributed by atoms with Gasteiger partial charge in [-0.25, -0.2) is 0 Å². The maximum Gasteiger partial charge on any atom is 0.116 e. The van der Waals surface area contributed by atoms with Crippen LogP contribution in [0.4, 0.5) is 0 Å². The first-order chi connectivity index (χ1) is 17.7. The molecule has 3 unspecified atom stereocenters. The first-order valence-corrected chi connectivity index (χ1v) is 13.5. The zero-order valence-electron chi connectivity index (χ0n) is 23.3. The lowest BCUT2D eigenvalue weighted by Crippen LogP contribution is -1.90. The van der Waals surface area contributed by atoms with Gasteiger partial charge in [0.25, 0.3) is 0 Å². The van der Waals surface area contributed by atoms with Crippen molar-refractivity contribution >= 4 is 10.8 Å². The van der Waals surface area contributed by atoms with Crippen molar-refractivity contribution in [1.82, 2.24) is 0 Å². The molecule has 3 heteroatoms. The van der Waals surface area contributed by atoms with Crippen LogP contribution in [-0.2, 0) is 0 Å². The summed E-state index contributed by atoms with van der Waals surface area (Å²) in [7, 11) is 0. The third kappa shape index (κ3) is 9.49. The third-order valence-corrected chi connectivity index (χ3v) is 7.16. The molecule has 4 aromatic carbocycles. The summed E-state index contributed by atoms with van der Waals surface area (Å²) < 4.78 is 0. The Morgan fingerprint density at radius 2 is 0.892 bits per heavy atom. The zero-order valence-corrected chi connectivity index (χ0v) is 23.3. The molecule has 0 aliphatic rings. The fraction of sp³-hybridized carbons (Fsp3) is 0.353. The van der Waals surface area contributed by atoms with Gasteiger partial charge in [0, 0.05) is 0 Å². The number of phenolic OH excluding ortho intramolecular Hbond substituents is 3. The Morgan fingerprint density at radius 1 is 0.459 bits per heavy atom. The highest BCUT2D eigenvalue weighted by molar-refractivity contribution is 5.84. The van der Waals surface area contributed by atoms with Crippen LogP contribution >= 0.6 is 0 Å². The van der Waals surface area contributed by atoms with Crippen molar-refractivity contribution in [3.8, 4) is 17.2 Å². The van der Waals surface area contributed by atoms with Crippen molar-refractivity contribution in [2.45, 2.75) is 78.6 Å². The van der Waals surface area contributed by atoms with Gasteiger partial charge in [-0.15, -0.1) is 0 Å². The number of phenols is 3. The smallest absolute Gasteiger partial charge is 0.116 e. The molecule has 0 aromatic heterocycles. The van der Waals surface area contributed by atoms with Crippen LogP contribution in [0.2, 0.25) is 0 Å². The van der Waals surface area contributed by atoms with E-state index in [-0.39, 0.29) is 0 Å². The van der Waals surface area contributed by atoms with Crippen LogP contribution in [-0.4, -0.2) is 15.3 Å². The molecule has 0 saturated heterocycles. The molecule has 37 heavy (non-hydrogen) atoms. The highest BCUT2D eigenvalue weighted by Crippen LogP contribution is 2.26. The first-order valence-electron chi connectivity index (χ1n) is 13.5. The largest absolute Gasteiger partial charge is 0.508 e. The van der Waals surface area contributed by atoms with E-state index in [1.165, 1.54) is 22.1 Å². The van der Waals surface area contributed by atoms with Crippen LogP contribution in [0.25, 0.3) is 10.8 Å². The zero-order chi connectivity index (χ0) is 27.4. The fourth-order valence-electron chi connectivity index (χ4n) is 3.90. The van der Waals surface area contributed by atoms with Crippen molar-refractivity contribution in [3.63, 3.8) is 0 Å². The minimum atomic E-state index is 0.332. The number of benzene rings is 4. The van der Waals surface area contributed by atoms with Crippen LogP contribution in [0.15, 0.2) is 84.9 Å². The Kier molecular flexibility index (Phi) is 12.0. The standard InChI is InChI=1S/C14H16O.2C10H14O/c1-3-10(2)11-4-5-13-9-14(15)7-6-12(13)8-11;1-3-8(2)9-4-6-10(11)7-5-9;1-3-8(2)9-5-4-6-10(11)7-9/h4-10,15H,3H2,1-2H3;2*4-8,11H,3H2,1-2H3. The summed E-state index contributed by atoms with van der Waals surface area (Å²) in [5.74, 6) is 2.78. The van der Waals surface area contributed by atoms with Crippen molar-refractivity contribution in [2.75, 3.05) is 0 Å². The lowest BCUT2D eigenvalue weighted by atomic mass is 9.96. The normalized spacial score (nSPS) is 12.9. The second-order valence-electron chi connectivity index (χ2n) is 9.91. The van der Waals surface area contributed by atoms with Crippen LogP contribution in [0, 0.1) is 0 Å². The van der Waals surface area contributed by atoms with E-state index in [0.717, 1.165) is 24.6 Å². The van der Waals surface area contributed by atoms with Gasteiger partial charge in [0.1, 0.15) is 17.2 Å². The molecule has 198 valence electrons. The monoisotopic (exact) mass is 500 g/mol. The molecule has 3 nitrogen and oxygen atoms in total. The Bertz CT molecular complexity index is 1210. The molecule has 0 aliphatic heterocycles. The van der Waals surface area contributed by atoms with Gasteiger partial charge in [0.05, 0.1) is 0 Å². The van der Waals surface area contributed by atoms with Crippen molar-refractivity contribution in [1.29, 1.82) is 0 Å². The minimum Gasteiger partial charge on any atom is -0.508 e. The lowest BCUT2D eigenvalue weighted by molar-refractivity contribution is 0.473. The molecule has 3 atom stereocenters. The molecule has 0 amide bonds. The molecule has 0 fully saturated rings. The fourth-order valence-corrected chi connectivity index (χ4v) is 3.90. The van der Waals surface area contributed by atoms with Gasteiger partial charge >= 0.3 is 0 Å². The predicted octanol–water partition coefficient (Wildman–Crippen LogP) is 9.87. The number of hydrogen-bond acceptors (Lipinski definition) is 3. The van der Waals surface area contributed by atoms with Gasteiger partial charge in [-0.2, -0.15) is 0 Å². The van der Waals surface area contributed by atoms with Gasteiger partial charge < -0.3 is 15.3 Å². The molecule has 0 saturated carbocycles. The van der Waals surface area contributed by atoms with Crippen molar-refractivity contribution in [3.05, 3.63) is 102 Å². The summed E-state index contributed by atoms with van der Waals surface area (Å²) in [6.07, 6.45) is 3.41. The highest BCUT2D eigenvalue weighted by Gasteiger charge is 2.04. The Labute approximate surface area is 223 Å². The SMILES string of the molecule is CCC(C)c1ccc(O)cc1.CCC(C)c1ccc2cc(O)ccc2c1.CCC(C)c1cccc(O)c1. The van der Waals surface area contributed by atoms with Crippen molar-refractivity contribution in [2.24, 2.45) is 0 Å². The Hall–Kier alpha value is -3.46. The molecule has 4 aromatic rings. The summed E-state index contributed by atoms with van der Waals surface area (Å²) in [6.45, 7) is 13.1. The van der Waals surface area contributed by atoms with Gasteiger partial charge in [0.2, 0.25) is 0 Å². The van der Waals surface area contributed by atoms with E-state index in [4.69, 9.17) is 10.2 Å². The third-order valence-electron chi connectivity index (χ3n) is 7.16. The van der Waals surface area contributed by atoms with E-state index in [9.17, 15) is 5.11 Å². The second kappa shape index (κ2) is 14.9. The Morgan fingerprint density at radius 3 is 1.46 bits per heavy atom. The summed E-state index contributed by atoms with van der Waals surface area (Å²) >= 11 is 0. The molecule has 0 aliphatic carbocycles. The quantitative estimate of drug-likeness (QED) is 0.247. The number of rotatable bonds is 6. The summed E-state index contributed by atoms with van der Waals surface area (Å²) in [6, 6.07) is 26.8. The van der Waals surface area contributed by atoms with Crippen LogP contribution in [0.1, 0.15) is 95.2 Å². The topological polar surface area (TPSA) is 60.7 Å². The molecule has 0 radical (unpaired) electrons. The van der Waals surface area contributed by atoms with E-state index in [1.807, 2.05) is 36.4 Å². The summed E-state index contributed by atoms with van der Waals surface area (Å²) in [5.41, 5.74) is 3.88. The number of aromatic hydroxyl groups is 3. The van der Waals surface area contributed by atoms with E-state index >= 15 is 0 Å². The molecule has 0 spiro atoms. The summed E-state index contributed by atoms with van der Waals surface area (Å²) in [4.78, 5) is 0. The second-order valence-corrected chi connectivity index (χ2v) is 9.91. The van der Waals surface area contributed by atoms with E-state index < -0.39 is 0 Å². The summed E-state index contributed by atoms with van der Waals surface area (Å²) in [5, 5.41) is 29.8. The van der Waals surface area contributed by atoms with E-state index in [1.54, 1.807) is 30.3 Å². The molecule has 0 heterocycles. The van der Waals surface area contributed by atoms with Crippen LogP contribution < -0.4 is 0 Å². The maximum absolute atomic E-state index is 9.35. The Balaban J connectivity index is 0.000000199. The van der Waals surface area contributed by atoms with Gasteiger partial charge in [-0.1, -0.05) is 90.1 Å². The van der Waals surface area contributed by atoms with Crippen molar-refractivity contribution < 1.29 is 15.3 Å². The predicted molar refractivity (Wildman–Crippen MR) is 158 cm³/mol. The molecular formula is C34H44O3. The molecule has 4 rings (SSSR count). The average Bonchev–Trinajstić information content (AvgIpc) is 2.92. The number of fused-ring (bicyclic) bond motifs is 1. The van der Waals surface area contributed by atoms with Crippen LogP contribution in [0.5, 0.6) is 17.2 Å². The van der Waals surface area contributed by atoms with Crippen LogP contribution in [0.3, 0.4) is 0 Å². The van der Waals surface area contributed by atoms with Gasteiger partial charge in [0.15, 0.2) is 0 Å². The maximum atomic E-state index is 9.35. The highest BCUT2D eigenvalue weighted by atomic mass is 16.3. The number of hydrogen-bond donors (Lipinski definition) is 3.